The van der Waals surface area contributed by atoms with E-state index in [4.69, 9.17) is 11.6 Å². The average Bonchev–Trinajstić information content (AvgIpc) is 3.03. The third-order valence-corrected chi connectivity index (χ3v) is 3.82. The molecule has 0 radical (unpaired) electrons. The van der Waals surface area contributed by atoms with Gasteiger partial charge in [-0.15, -0.1) is 5.10 Å². The number of nitrogens with zero attached hydrogens (tertiary/aromatic N) is 3. The van der Waals surface area contributed by atoms with Crippen LogP contribution in [0.1, 0.15) is 35.9 Å². The summed E-state index contributed by atoms with van der Waals surface area (Å²) in [5.74, 6) is -0.200. The monoisotopic (exact) mass is 340 g/mol. The van der Waals surface area contributed by atoms with Crippen LogP contribution in [-0.2, 0) is 0 Å². The number of nitrogens with one attached hydrogen (secondary N) is 1. The number of benzene rings is 2. The summed E-state index contributed by atoms with van der Waals surface area (Å²) in [6.07, 6.45) is 0. The van der Waals surface area contributed by atoms with Crippen molar-refractivity contribution in [2.45, 2.75) is 19.8 Å². The number of para-hydroxylation sites is 1. The summed E-state index contributed by atoms with van der Waals surface area (Å²) in [6, 6.07) is 16.6. The van der Waals surface area contributed by atoms with Crippen LogP contribution in [0.3, 0.4) is 0 Å². The minimum atomic E-state index is -0.289. The van der Waals surface area contributed by atoms with Crippen LogP contribution in [0.4, 0.5) is 5.69 Å². The first-order chi connectivity index (χ1) is 11.6. The fourth-order valence-corrected chi connectivity index (χ4v) is 2.58. The molecule has 0 saturated heterocycles. The minimum absolute atomic E-state index is 0.0890. The zero-order chi connectivity index (χ0) is 17.1. The molecule has 24 heavy (non-hydrogen) atoms. The molecule has 0 aliphatic carbocycles. The van der Waals surface area contributed by atoms with Crippen LogP contribution in [0, 0.1) is 0 Å². The first-order valence-corrected chi connectivity index (χ1v) is 8.02. The number of carbonyl (C=O) groups excluding carboxylic acids is 1. The Hall–Kier alpha value is -2.66. The molecule has 0 unspecified atom stereocenters. The summed E-state index contributed by atoms with van der Waals surface area (Å²) >= 11 is 5.86. The van der Waals surface area contributed by atoms with E-state index in [9.17, 15) is 4.79 Å². The Morgan fingerprint density at radius 1 is 1.08 bits per heavy atom. The van der Waals surface area contributed by atoms with Crippen LogP contribution in [0.15, 0.2) is 54.6 Å². The largest absolute Gasteiger partial charge is 0.321 e. The van der Waals surface area contributed by atoms with Gasteiger partial charge in [0.25, 0.3) is 5.91 Å². The molecule has 6 heteroatoms. The Balaban J connectivity index is 1.94. The third kappa shape index (κ3) is 3.31. The van der Waals surface area contributed by atoms with Gasteiger partial charge in [-0.3, -0.25) is 4.79 Å². The van der Waals surface area contributed by atoms with Crippen molar-refractivity contribution in [2.75, 3.05) is 5.32 Å². The van der Waals surface area contributed by atoms with Crippen molar-refractivity contribution in [3.63, 3.8) is 0 Å². The number of rotatable bonds is 4. The van der Waals surface area contributed by atoms with Crippen LogP contribution in [-0.4, -0.2) is 20.9 Å². The molecule has 5 nitrogen and oxygen atoms in total. The van der Waals surface area contributed by atoms with E-state index in [1.54, 1.807) is 28.9 Å². The summed E-state index contributed by atoms with van der Waals surface area (Å²) in [5.41, 5.74) is 2.63. The van der Waals surface area contributed by atoms with Gasteiger partial charge < -0.3 is 5.32 Å². The van der Waals surface area contributed by atoms with Crippen molar-refractivity contribution in [1.82, 2.24) is 15.0 Å². The maximum atomic E-state index is 12.6. The van der Waals surface area contributed by atoms with Gasteiger partial charge in [0.2, 0.25) is 0 Å². The molecule has 1 N–H and O–H groups in total. The minimum Gasteiger partial charge on any atom is -0.321 e. The highest BCUT2D eigenvalue weighted by molar-refractivity contribution is 6.30. The van der Waals surface area contributed by atoms with Crippen LogP contribution >= 0.6 is 11.6 Å². The lowest BCUT2D eigenvalue weighted by molar-refractivity contribution is 0.102. The summed E-state index contributed by atoms with van der Waals surface area (Å²) < 4.78 is 1.71. The quantitative estimate of drug-likeness (QED) is 0.770. The zero-order valence-electron chi connectivity index (χ0n) is 13.4. The fraction of sp³-hybridized carbons (Fsp3) is 0.167. The van der Waals surface area contributed by atoms with Gasteiger partial charge in [-0.2, -0.15) is 0 Å². The molecule has 3 rings (SSSR count). The molecule has 1 aromatic heterocycles. The molecule has 3 aromatic rings. The lowest BCUT2D eigenvalue weighted by atomic mass is 10.1. The second kappa shape index (κ2) is 6.84. The van der Waals surface area contributed by atoms with Gasteiger partial charge in [0.15, 0.2) is 5.69 Å². The van der Waals surface area contributed by atoms with Gasteiger partial charge >= 0.3 is 0 Å². The first kappa shape index (κ1) is 16.2. The summed E-state index contributed by atoms with van der Waals surface area (Å²) in [7, 11) is 0. The number of halogens is 1. The van der Waals surface area contributed by atoms with Crippen molar-refractivity contribution in [3.05, 3.63) is 71.0 Å². The van der Waals surface area contributed by atoms with Crippen molar-refractivity contribution in [3.8, 4) is 5.69 Å². The highest BCUT2D eigenvalue weighted by atomic mass is 35.5. The van der Waals surface area contributed by atoms with Gasteiger partial charge in [0, 0.05) is 10.7 Å². The van der Waals surface area contributed by atoms with Crippen LogP contribution in [0.25, 0.3) is 5.69 Å². The molecule has 122 valence electrons. The molecule has 2 aromatic carbocycles. The Morgan fingerprint density at radius 3 is 2.38 bits per heavy atom. The topological polar surface area (TPSA) is 59.8 Å². The molecule has 0 aliphatic rings. The standard InChI is InChI=1S/C18H17ClN4O/c1-12(2)17-16(18(24)20-14-10-8-13(19)9-11-14)21-22-23(17)15-6-4-3-5-7-15/h3-12H,1-2H3,(H,20,24). The number of carbonyl (C=O) groups is 1. The van der Waals surface area contributed by atoms with Crippen molar-refractivity contribution < 1.29 is 4.79 Å². The number of hydrogen-bond acceptors (Lipinski definition) is 3. The van der Waals surface area contributed by atoms with Gasteiger partial charge in [-0.1, -0.05) is 48.9 Å². The van der Waals surface area contributed by atoms with E-state index in [-0.39, 0.29) is 11.8 Å². The predicted molar refractivity (Wildman–Crippen MR) is 94.9 cm³/mol. The zero-order valence-corrected chi connectivity index (χ0v) is 14.2. The van der Waals surface area contributed by atoms with E-state index in [1.165, 1.54) is 0 Å². The number of anilines is 1. The van der Waals surface area contributed by atoms with Gasteiger partial charge in [0.05, 0.1) is 11.4 Å². The van der Waals surface area contributed by atoms with Crippen LogP contribution in [0.2, 0.25) is 5.02 Å². The maximum absolute atomic E-state index is 12.6. The van der Waals surface area contributed by atoms with E-state index in [0.29, 0.717) is 16.4 Å². The third-order valence-electron chi connectivity index (χ3n) is 3.57. The molecule has 0 fully saturated rings. The van der Waals surface area contributed by atoms with E-state index < -0.39 is 0 Å². The SMILES string of the molecule is CC(C)c1c(C(=O)Nc2ccc(Cl)cc2)nnn1-c1ccccc1. The molecular formula is C18H17ClN4O. The molecule has 0 saturated carbocycles. The molecule has 0 bridgehead atoms. The number of aromatic nitrogens is 3. The average molecular weight is 341 g/mol. The second-order valence-corrected chi connectivity index (χ2v) is 6.12. The molecule has 0 spiro atoms. The Labute approximate surface area is 145 Å². The number of hydrogen-bond donors (Lipinski definition) is 1. The lowest BCUT2D eigenvalue weighted by Crippen LogP contribution is -2.16. The van der Waals surface area contributed by atoms with Gasteiger partial charge in [-0.25, -0.2) is 4.68 Å². The van der Waals surface area contributed by atoms with Crippen molar-refractivity contribution in [1.29, 1.82) is 0 Å². The Kier molecular flexibility index (Phi) is 4.62. The summed E-state index contributed by atoms with van der Waals surface area (Å²) in [4.78, 5) is 12.6. The number of amides is 1. The molecule has 0 aliphatic heterocycles. The Bertz CT molecular complexity index is 841. The van der Waals surface area contributed by atoms with Crippen LogP contribution < -0.4 is 5.32 Å². The Morgan fingerprint density at radius 2 is 1.75 bits per heavy atom. The van der Waals surface area contributed by atoms with Gasteiger partial charge in [0.1, 0.15) is 0 Å². The highest BCUT2D eigenvalue weighted by Gasteiger charge is 2.22. The lowest BCUT2D eigenvalue weighted by Gasteiger charge is -2.11. The predicted octanol–water partition coefficient (Wildman–Crippen LogP) is 4.30. The molecule has 0 atom stereocenters. The normalized spacial score (nSPS) is 10.8. The summed E-state index contributed by atoms with van der Waals surface area (Å²) in [6.45, 7) is 4.02. The smallest absolute Gasteiger partial charge is 0.278 e. The summed E-state index contributed by atoms with van der Waals surface area (Å²) in [5, 5.41) is 11.7. The van der Waals surface area contributed by atoms with Crippen molar-refractivity contribution >= 4 is 23.2 Å². The molecule has 1 heterocycles. The highest BCUT2D eigenvalue weighted by Crippen LogP contribution is 2.22. The maximum Gasteiger partial charge on any atom is 0.278 e. The molecular weight excluding hydrogens is 324 g/mol. The van der Waals surface area contributed by atoms with E-state index in [0.717, 1.165) is 11.4 Å². The van der Waals surface area contributed by atoms with E-state index in [1.807, 2.05) is 44.2 Å². The van der Waals surface area contributed by atoms with Crippen molar-refractivity contribution in [2.24, 2.45) is 0 Å². The van der Waals surface area contributed by atoms with E-state index >= 15 is 0 Å². The van der Waals surface area contributed by atoms with E-state index in [2.05, 4.69) is 15.6 Å². The second-order valence-electron chi connectivity index (χ2n) is 5.69. The molecule has 1 amide bonds. The fourth-order valence-electron chi connectivity index (χ4n) is 2.45. The van der Waals surface area contributed by atoms with Crippen LogP contribution in [0.5, 0.6) is 0 Å². The van der Waals surface area contributed by atoms with Gasteiger partial charge in [-0.05, 0) is 42.3 Å². The first-order valence-electron chi connectivity index (χ1n) is 7.64.